The third-order valence-corrected chi connectivity index (χ3v) is 4.67. The van der Waals surface area contributed by atoms with E-state index in [1.807, 2.05) is 35.7 Å². The molecule has 19 heavy (non-hydrogen) atoms. The number of ketones is 1. The van der Waals surface area contributed by atoms with Crippen molar-refractivity contribution in [1.82, 2.24) is 0 Å². The van der Waals surface area contributed by atoms with Crippen molar-refractivity contribution in [2.24, 2.45) is 0 Å². The van der Waals surface area contributed by atoms with E-state index >= 15 is 0 Å². The molecule has 1 aromatic heterocycles. The zero-order valence-corrected chi connectivity index (χ0v) is 12.8. The highest BCUT2D eigenvalue weighted by atomic mass is 79.9. The summed E-state index contributed by atoms with van der Waals surface area (Å²) in [6, 6.07) is 13.1. The summed E-state index contributed by atoms with van der Waals surface area (Å²) >= 11 is 11.1. The summed E-state index contributed by atoms with van der Waals surface area (Å²) < 4.78 is 1.87. The van der Waals surface area contributed by atoms with Crippen molar-refractivity contribution < 1.29 is 4.79 Å². The highest BCUT2D eigenvalue weighted by Crippen LogP contribution is 2.29. The molecule has 0 atom stereocenters. The lowest BCUT2D eigenvalue weighted by Gasteiger charge is -2.05. The average molecular weight is 352 g/mol. The lowest BCUT2D eigenvalue weighted by atomic mass is 10.0. The second kappa shape index (κ2) is 5.08. The number of carbonyl (C=O) groups excluding carboxylic acids is 1. The number of halogens is 2. The Bertz CT molecular complexity index is 779. The molecule has 0 fully saturated rings. The van der Waals surface area contributed by atoms with Gasteiger partial charge in [-0.05, 0) is 41.1 Å². The molecule has 3 rings (SSSR count). The second-order valence-electron chi connectivity index (χ2n) is 4.10. The van der Waals surface area contributed by atoms with Gasteiger partial charge in [0.05, 0.1) is 5.02 Å². The minimum absolute atomic E-state index is 0.0365. The lowest BCUT2D eigenvalue weighted by Crippen LogP contribution is -2.02. The number of benzene rings is 2. The Morgan fingerprint density at radius 3 is 2.74 bits per heavy atom. The fourth-order valence-corrected chi connectivity index (χ4v) is 3.66. The van der Waals surface area contributed by atoms with Gasteiger partial charge in [-0.3, -0.25) is 4.79 Å². The quantitative estimate of drug-likeness (QED) is 0.553. The zero-order chi connectivity index (χ0) is 13.4. The molecule has 0 aliphatic rings. The maximum Gasteiger partial charge on any atom is 0.195 e. The van der Waals surface area contributed by atoms with E-state index in [2.05, 4.69) is 15.9 Å². The Hall–Kier alpha value is -1.16. The first-order valence-electron chi connectivity index (χ1n) is 5.63. The molecule has 94 valence electrons. The van der Waals surface area contributed by atoms with Gasteiger partial charge >= 0.3 is 0 Å². The first-order valence-corrected chi connectivity index (χ1v) is 7.68. The van der Waals surface area contributed by atoms with Crippen LogP contribution >= 0.6 is 38.9 Å². The molecular formula is C15H8BrClOS. The van der Waals surface area contributed by atoms with E-state index in [1.165, 1.54) is 0 Å². The number of hydrogen-bond donors (Lipinski definition) is 0. The van der Waals surface area contributed by atoms with Gasteiger partial charge in [0.2, 0.25) is 0 Å². The number of fused-ring (bicyclic) bond motifs is 1. The van der Waals surface area contributed by atoms with Gasteiger partial charge in [0.15, 0.2) is 5.78 Å². The van der Waals surface area contributed by atoms with Gasteiger partial charge in [-0.25, -0.2) is 0 Å². The van der Waals surface area contributed by atoms with Crippen LogP contribution in [0.3, 0.4) is 0 Å². The Labute approximate surface area is 128 Å². The SMILES string of the molecule is O=C(c1ccc(Br)cc1Cl)c1cccc2ccsc12. The van der Waals surface area contributed by atoms with Gasteiger partial charge in [0.25, 0.3) is 0 Å². The van der Waals surface area contributed by atoms with E-state index in [0.29, 0.717) is 16.1 Å². The third kappa shape index (κ3) is 2.34. The minimum atomic E-state index is -0.0365. The molecule has 0 bridgehead atoms. The molecule has 0 saturated carbocycles. The molecule has 1 nitrogen and oxygen atoms in total. The molecule has 4 heteroatoms. The summed E-state index contributed by atoms with van der Waals surface area (Å²) in [6.45, 7) is 0. The minimum Gasteiger partial charge on any atom is -0.289 e. The number of carbonyl (C=O) groups is 1. The Balaban J connectivity index is 2.16. The molecule has 3 aromatic rings. The highest BCUT2D eigenvalue weighted by Gasteiger charge is 2.16. The van der Waals surface area contributed by atoms with E-state index in [9.17, 15) is 4.79 Å². The summed E-state index contributed by atoms with van der Waals surface area (Å²) in [5, 5.41) is 3.54. The normalized spacial score (nSPS) is 10.8. The molecule has 0 spiro atoms. The van der Waals surface area contributed by atoms with Crippen molar-refractivity contribution >= 4 is 54.7 Å². The summed E-state index contributed by atoms with van der Waals surface area (Å²) in [4.78, 5) is 12.6. The van der Waals surface area contributed by atoms with E-state index < -0.39 is 0 Å². The third-order valence-electron chi connectivity index (χ3n) is 2.90. The van der Waals surface area contributed by atoms with Crippen LogP contribution in [0.2, 0.25) is 5.02 Å². The fourth-order valence-electron chi connectivity index (χ4n) is 1.99. The van der Waals surface area contributed by atoms with Gasteiger partial charge in [-0.15, -0.1) is 11.3 Å². The molecule has 2 aromatic carbocycles. The van der Waals surface area contributed by atoms with Crippen LogP contribution < -0.4 is 0 Å². The largest absolute Gasteiger partial charge is 0.289 e. The van der Waals surface area contributed by atoms with Crippen molar-refractivity contribution in [3.8, 4) is 0 Å². The summed E-state index contributed by atoms with van der Waals surface area (Å²) in [7, 11) is 0. The van der Waals surface area contributed by atoms with Gasteiger partial charge in [0, 0.05) is 20.3 Å². The van der Waals surface area contributed by atoms with Crippen LogP contribution in [0.5, 0.6) is 0 Å². The molecule has 0 unspecified atom stereocenters. The topological polar surface area (TPSA) is 17.1 Å². The summed E-state index contributed by atoms with van der Waals surface area (Å²) in [5.74, 6) is -0.0365. The first-order chi connectivity index (χ1) is 9.16. The van der Waals surface area contributed by atoms with E-state index in [0.717, 1.165) is 14.6 Å². The van der Waals surface area contributed by atoms with Gasteiger partial charge in [-0.1, -0.05) is 39.7 Å². The Morgan fingerprint density at radius 2 is 1.95 bits per heavy atom. The van der Waals surface area contributed by atoms with Crippen molar-refractivity contribution in [2.45, 2.75) is 0 Å². The number of rotatable bonds is 2. The van der Waals surface area contributed by atoms with E-state index in [-0.39, 0.29) is 5.78 Å². The molecule has 0 amide bonds. The van der Waals surface area contributed by atoms with Crippen LogP contribution in [0.4, 0.5) is 0 Å². The summed E-state index contributed by atoms with van der Waals surface area (Å²) in [5.41, 5.74) is 1.24. The van der Waals surface area contributed by atoms with Crippen molar-refractivity contribution in [3.63, 3.8) is 0 Å². The molecule has 0 radical (unpaired) electrons. The molecule has 0 N–H and O–H groups in total. The highest BCUT2D eigenvalue weighted by molar-refractivity contribution is 9.10. The monoisotopic (exact) mass is 350 g/mol. The predicted molar refractivity (Wildman–Crippen MR) is 84.4 cm³/mol. The Morgan fingerprint density at radius 1 is 1.11 bits per heavy atom. The van der Waals surface area contributed by atoms with Crippen molar-refractivity contribution in [1.29, 1.82) is 0 Å². The molecule has 0 saturated heterocycles. The molecule has 0 aliphatic carbocycles. The lowest BCUT2D eigenvalue weighted by molar-refractivity contribution is 0.104. The van der Waals surface area contributed by atoms with Crippen LogP contribution in [0.15, 0.2) is 52.3 Å². The van der Waals surface area contributed by atoms with Crippen molar-refractivity contribution in [3.05, 3.63) is 68.5 Å². The van der Waals surface area contributed by atoms with Gasteiger partial charge < -0.3 is 0 Å². The maximum absolute atomic E-state index is 12.6. The summed E-state index contributed by atoms with van der Waals surface area (Å²) in [6.07, 6.45) is 0. The van der Waals surface area contributed by atoms with Crippen LogP contribution in [0.1, 0.15) is 15.9 Å². The molecule has 0 aliphatic heterocycles. The number of hydrogen-bond acceptors (Lipinski definition) is 2. The molecular weight excluding hydrogens is 344 g/mol. The van der Waals surface area contributed by atoms with Crippen LogP contribution in [0, 0.1) is 0 Å². The zero-order valence-electron chi connectivity index (χ0n) is 9.69. The van der Waals surface area contributed by atoms with Crippen LogP contribution in [-0.2, 0) is 0 Å². The smallest absolute Gasteiger partial charge is 0.195 e. The van der Waals surface area contributed by atoms with E-state index in [4.69, 9.17) is 11.6 Å². The number of thiophene rings is 1. The Kier molecular flexibility index (Phi) is 3.44. The predicted octanol–water partition coefficient (Wildman–Crippen LogP) is 5.55. The molecule has 1 heterocycles. The van der Waals surface area contributed by atoms with Crippen LogP contribution in [0.25, 0.3) is 10.1 Å². The average Bonchev–Trinajstić information content (AvgIpc) is 2.86. The fraction of sp³-hybridized carbons (Fsp3) is 0. The van der Waals surface area contributed by atoms with Gasteiger partial charge in [0.1, 0.15) is 0 Å². The van der Waals surface area contributed by atoms with Crippen molar-refractivity contribution in [2.75, 3.05) is 0 Å². The maximum atomic E-state index is 12.6. The van der Waals surface area contributed by atoms with E-state index in [1.54, 1.807) is 23.5 Å². The van der Waals surface area contributed by atoms with Crippen LogP contribution in [-0.4, -0.2) is 5.78 Å². The van der Waals surface area contributed by atoms with Gasteiger partial charge in [-0.2, -0.15) is 0 Å². The second-order valence-corrected chi connectivity index (χ2v) is 6.34. The first kappa shape index (κ1) is 12.9. The standard InChI is InChI=1S/C15H8BrClOS/c16-10-4-5-11(13(17)8-10)14(18)12-3-1-2-9-6-7-19-15(9)12/h1-8H.